The third kappa shape index (κ3) is 5.22. The minimum atomic E-state index is -0.188. The lowest BCUT2D eigenvalue weighted by Gasteiger charge is -2.35. The molecule has 170 valence electrons. The van der Waals surface area contributed by atoms with Crippen molar-refractivity contribution < 1.29 is 13.9 Å². The molecule has 3 aromatic rings. The van der Waals surface area contributed by atoms with Gasteiger partial charge in [0.1, 0.15) is 22.8 Å². The van der Waals surface area contributed by atoms with Crippen molar-refractivity contribution in [3.63, 3.8) is 0 Å². The van der Waals surface area contributed by atoms with Crippen LogP contribution in [0.25, 0.3) is 11.0 Å². The van der Waals surface area contributed by atoms with Crippen molar-refractivity contribution in [2.24, 2.45) is 0 Å². The summed E-state index contributed by atoms with van der Waals surface area (Å²) in [5.74, 6) is 1.18. The summed E-state index contributed by atoms with van der Waals surface area (Å²) in [5, 5.41) is 7.14. The first-order valence-corrected chi connectivity index (χ1v) is 11.5. The van der Waals surface area contributed by atoms with Gasteiger partial charge >= 0.3 is 0 Å². The van der Waals surface area contributed by atoms with Crippen LogP contribution in [0.2, 0.25) is 0 Å². The average Bonchev–Trinajstić information content (AvgIpc) is 3.31. The second kappa shape index (κ2) is 10.5. The molecule has 1 aromatic carbocycles. The van der Waals surface area contributed by atoms with Crippen LogP contribution in [0.4, 0.5) is 11.5 Å². The van der Waals surface area contributed by atoms with Crippen LogP contribution < -0.4 is 15.4 Å². The Morgan fingerprint density at radius 2 is 2.09 bits per heavy atom. The van der Waals surface area contributed by atoms with Crippen LogP contribution in [0.1, 0.15) is 49.5 Å². The molecule has 0 radical (unpaired) electrons. The topological polar surface area (TPSA) is 79.6 Å². The van der Waals surface area contributed by atoms with E-state index in [1.54, 1.807) is 19.4 Å². The van der Waals surface area contributed by atoms with Crippen LogP contribution in [0.15, 0.2) is 47.1 Å². The number of pyridine rings is 1. The van der Waals surface area contributed by atoms with E-state index in [4.69, 9.17) is 9.15 Å². The quantitative estimate of drug-likeness (QED) is 0.461. The van der Waals surface area contributed by atoms with Gasteiger partial charge in [0.15, 0.2) is 0 Å². The van der Waals surface area contributed by atoms with Gasteiger partial charge in [-0.1, -0.05) is 13.3 Å². The maximum absolute atomic E-state index is 12.8. The molecular formula is C25H32N4O3. The lowest BCUT2D eigenvalue weighted by atomic mass is 10.00. The number of anilines is 2. The van der Waals surface area contributed by atoms with Gasteiger partial charge in [-0.2, -0.15) is 0 Å². The number of benzene rings is 1. The van der Waals surface area contributed by atoms with Crippen molar-refractivity contribution in [1.29, 1.82) is 0 Å². The number of likely N-dealkylation sites (tertiary alicyclic amines) is 1. The van der Waals surface area contributed by atoms with E-state index in [0.717, 1.165) is 29.8 Å². The molecule has 7 nitrogen and oxygen atoms in total. The van der Waals surface area contributed by atoms with Crippen molar-refractivity contribution in [1.82, 2.24) is 15.2 Å². The number of aromatic nitrogens is 1. The molecule has 32 heavy (non-hydrogen) atoms. The summed E-state index contributed by atoms with van der Waals surface area (Å²) in [5.41, 5.74) is 1.82. The van der Waals surface area contributed by atoms with Crippen LogP contribution >= 0.6 is 0 Å². The number of amides is 1. The normalized spacial score (nSPS) is 16.8. The zero-order chi connectivity index (χ0) is 22.3. The summed E-state index contributed by atoms with van der Waals surface area (Å²) in [6.07, 6.45) is 7.64. The number of nitrogens with zero attached hydrogens (tertiary/aromatic N) is 2. The fourth-order valence-corrected chi connectivity index (χ4v) is 4.38. The van der Waals surface area contributed by atoms with Gasteiger partial charge < -0.3 is 24.7 Å². The standard InChI is InChI=1S/C25H32N4O3/c1-3-19-7-4-5-14-29(19)15-6-13-26-25(30)22-17-23-21(12-16-32-23)24(28-22)27-18-8-10-20(31-2)11-9-18/h8-12,16-17,19H,3-7,13-15H2,1-2H3,(H,26,30)(H,27,28). The van der Waals surface area contributed by atoms with Gasteiger partial charge in [-0.25, -0.2) is 4.98 Å². The maximum Gasteiger partial charge on any atom is 0.270 e. The van der Waals surface area contributed by atoms with Crippen molar-refractivity contribution >= 4 is 28.4 Å². The number of hydrogen-bond donors (Lipinski definition) is 2. The van der Waals surface area contributed by atoms with E-state index in [0.29, 0.717) is 29.7 Å². The van der Waals surface area contributed by atoms with Gasteiger partial charge in [-0.3, -0.25) is 4.79 Å². The SMILES string of the molecule is CCC1CCCCN1CCCNC(=O)c1cc2occc2c(Nc2ccc(OC)cc2)n1. The van der Waals surface area contributed by atoms with Crippen molar-refractivity contribution in [2.45, 2.75) is 45.1 Å². The second-order valence-corrected chi connectivity index (χ2v) is 8.25. The predicted octanol–water partition coefficient (Wildman–Crippen LogP) is 4.96. The number of fused-ring (bicyclic) bond motifs is 1. The van der Waals surface area contributed by atoms with Gasteiger partial charge in [0, 0.05) is 30.9 Å². The lowest BCUT2D eigenvalue weighted by molar-refractivity contribution is 0.0942. The Bertz CT molecular complexity index is 1030. The first-order chi connectivity index (χ1) is 15.7. The molecule has 1 aliphatic rings. The van der Waals surface area contributed by atoms with E-state index in [1.807, 2.05) is 30.3 Å². The third-order valence-corrected chi connectivity index (χ3v) is 6.16. The number of methoxy groups -OCH3 is 1. The van der Waals surface area contributed by atoms with Gasteiger partial charge in [-0.15, -0.1) is 0 Å². The number of ether oxygens (including phenoxy) is 1. The number of carbonyl (C=O) groups is 1. The number of hydrogen-bond acceptors (Lipinski definition) is 6. The first-order valence-electron chi connectivity index (χ1n) is 11.5. The van der Waals surface area contributed by atoms with E-state index in [9.17, 15) is 4.79 Å². The highest BCUT2D eigenvalue weighted by molar-refractivity contribution is 5.99. The van der Waals surface area contributed by atoms with Gasteiger partial charge in [0.05, 0.1) is 18.8 Å². The zero-order valence-corrected chi connectivity index (χ0v) is 18.9. The molecule has 0 bridgehead atoms. The molecule has 1 unspecified atom stereocenters. The highest BCUT2D eigenvalue weighted by Crippen LogP contribution is 2.27. The molecule has 1 aliphatic heterocycles. The van der Waals surface area contributed by atoms with Crippen LogP contribution in [0.5, 0.6) is 5.75 Å². The Hall–Kier alpha value is -3.06. The number of piperidine rings is 1. The van der Waals surface area contributed by atoms with Gasteiger partial charge in [0.2, 0.25) is 0 Å². The number of carbonyl (C=O) groups excluding carboxylic acids is 1. The first kappa shape index (κ1) is 22.1. The summed E-state index contributed by atoms with van der Waals surface area (Å²) < 4.78 is 10.8. The zero-order valence-electron chi connectivity index (χ0n) is 18.9. The summed E-state index contributed by atoms with van der Waals surface area (Å²) in [4.78, 5) is 19.9. The minimum absolute atomic E-state index is 0.188. The van der Waals surface area contributed by atoms with Crippen LogP contribution in [0.3, 0.4) is 0 Å². The molecule has 3 heterocycles. The third-order valence-electron chi connectivity index (χ3n) is 6.16. The Balaban J connectivity index is 1.39. The Morgan fingerprint density at radius 3 is 2.88 bits per heavy atom. The summed E-state index contributed by atoms with van der Waals surface area (Å²) in [6.45, 7) is 5.08. The fraction of sp³-hybridized carbons (Fsp3) is 0.440. The maximum atomic E-state index is 12.8. The molecule has 1 atom stereocenters. The predicted molar refractivity (Wildman–Crippen MR) is 127 cm³/mol. The fourth-order valence-electron chi connectivity index (χ4n) is 4.38. The molecule has 1 fully saturated rings. The molecular weight excluding hydrogens is 404 g/mol. The lowest BCUT2D eigenvalue weighted by Crippen LogP contribution is -2.40. The summed E-state index contributed by atoms with van der Waals surface area (Å²) >= 11 is 0. The number of furan rings is 1. The van der Waals surface area contributed by atoms with Crippen molar-refractivity contribution in [3.05, 3.63) is 48.4 Å². The monoisotopic (exact) mass is 436 g/mol. The summed E-state index contributed by atoms with van der Waals surface area (Å²) in [7, 11) is 1.63. The molecule has 1 saturated heterocycles. The average molecular weight is 437 g/mol. The van der Waals surface area contributed by atoms with Crippen molar-refractivity contribution in [2.75, 3.05) is 32.1 Å². The molecule has 1 amide bonds. The van der Waals surface area contributed by atoms with Crippen LogP contribution in [0, 0.1) is 0 Å². The molecule has 0 aliphatic carbocycles. The van der Waals surface area contributed by atoms with Gasteiger partial charge in [0.25, 0.3) is 5.91 Å². The molecule has 0 saturated carbocycles. The Kier molecular flexibility index (Phi) is 7.27. The molecule has 2 N–H and O–H groups in total. The van der Waals surface area contributed by atoms with Gasteiger partial charge in [-0.05, 0) is 62.6 Å². The van der Waals surface area contributed by atoms with E-state index >= 15 is 0 Å². The molecule has 4 rings (SSSR count). The second-order valence-electron chi connectivity index (χ2n) is 8.25. The van der Waals surface area contributed by atoms with E-state index in [2.05, 4.69) is 27.4 Å². The summed E-state index contributed by atoms with van der Waals surface area (Å²) in [6, 6.07) is 11.8. The van der Waals surface area contributed by atoms with Crippen LogP contribution in [-0.2, 0) is 0 Å². The number of rotatable bonds is 9. The highest BCUT2D eigenvalue weighted by atomic mass is 16.5. The molecule has 0 spiro atoms. The Labute approximate surface area is 189 Å². The van der Waals surface area contributed by atoms with Crippen LogP contribution in [-0.4, -0.2) is 48.6 Å². The number of nitrogens with one attached hydrogen (secondary N) is 2. The van der Waals surface area contributed by atoms with E-state index < -0.39 is 0 Å². The molecule has 7 heteroatoms. The molecule has 2 aromatic heterocycles. The minimum Gasteiger partial charge on any atom is -0.497 e. The van der Waals surface area contributed by atoms with Crippen molar-refractivity contribution in [3.8, 4) is 5.75 Å². The highest BCUT2D eigenvalue weighted by Gasteiger charge is 2.20. The largest absolute Gasteiger partial charge is 0.497 e. The van der Waals surface area contributed by atoms with E-state index in [-0.39, 0.29) is 5.91 Å². The smallest absolute Gasteiger partial charge is 0.270 e. The Morgan fingerprint density at radius 1 is 1.25 bits per heavy atom. The van der Waals surface area contributed by atoms with E-state index in [1.165, 1.54) is 32.2 Å².